The highest BCUT2D eigenvalue weighted by Gasteiger charge is 2.40. The molecule has 0 saturated carbocycles. The number of piperidine rings is 1. The van der Waals surface area contributed by atoms with Crippen LogP contribution in [0.2, 0.25) is 0 Å². The van der Waals surface area contributed by atoms with Crippen molar-refractivity contribution in [1.82, 2.24) is 20.4 Å². The van der Waals surface area contributed by atoms with E-state index >= 15 is 0 Å². The molecule has 2 N–H and O–H groups in total. The van der Waals surface area contributed by atoms with Gasteiger partial charge in [-0.15, -0.1) is 11.3 Å². The van der Waals surface area contributed by atoms with E-state index in [1.807, 2.05) is 4.90 Å². The number of ether oxygens (including phenoxy) is 1. The summed E-state index contributed by atoms with van der Waals surface area (Å²) in [6, 6.07) is -0.619. The summed E-state index contributed by atoms with van der Waals surface area (Å²) in [5, 5.41) is 7.01. The number of carbonyl (C=O) groups excluding carboxylic acids is 4. The van der Waals surface area contributed by atoms with Crippen LogP contribution in [-0.4, -0.2) is 72.3 Å². The van der Waals surface area contributed by atoms with E-state index in [0.29, 0.717) is 44.8 Å². The fourth-order valence-corrected chi connectivity index (χ4v) is 4.72. The topological polar surface area (TPSA) is 108 Å². The Morgan fingerprint density at radius 1 is 1.29 bits per heavy atom. The SMILES string of the molecule is O=C(CN1CCOCC1)NCc1scc2c1CN(C1CCC(=O)NC1=O)C2=O. The van der Waals surface area contributed by atoms with Crippen molar-refractivity contribution in [2.45, 2.75) is 32.0 Å². The number of nitrogens with zero attached hydrogens (tertiary/aromatic N) is 2. The zero-order valence-electron chi connectivity index (χ0n) is 15.4. The molecule has 28 heavy (non-hydrogen) atoms. The standard InChI is InChI=1S/C18H22N4O5S/c23-15-2-1-13(17(25)20-15)22-8-11-12(18(22)26)10-28-14(11)7-19-16(24)9-21-3-5-27-6-4-21/h10,13H,1-9H2,(H,19,24)(H,20,23,25). The molecule has 150 valence electrons. The molecule has 0 aromatic carbocycles. The maximum atomic E-state index is 12.7. The summed E-state index contributed by atoms with van der Waals surface area (Å²) in [5.74, 6) is -0.966. The summed E-state index contributed by atoms with van der Waals surface area (Å²) < 4.78 is 5.28. The quantitative estimate of drug-likeness (QED) is 0.636. The van der Waals surface area contributed by atoms with E-state index in [1.165, 1.54) is 16.2 Å². The average molecular weight is 406 g/mol. The largest absolute Gasteiger partial charge is 0.379 e. The van der Waals surface area contributed by atoms with Crippen LogP contribution in [0.1, 0.15) is 33.6 Å². The lowest BCUT2D eigenvalue weighted by Gasteiger charge is -2.29. The molecule has 2 fully saturated rings. The van der Waals surface area contributed by atoms with Gasteiger partial charge < -0.3 is 15.0 Å². The van der Waals surface area contributed by atoms with Gasteiger partial charge in [-0.3, -0.25) is 29.4 Å². The first-order chi connectivity index (χ1) is 13.5. The van der Waals surface area contributed by atoms with E-state index in [2.05, 4.69) is 10.6 Å². The number of rotatable bonds is 5. The van der Waals surface area contributed by atoms with Gasteiger partial charge in [-0.1, -0.05) is 0 Å². The maximum Gasteiger partial charge on any atom is 0.256 e. The third-order valence-corrected chi connectivity index (χ3v) is 6.33. The molecule has 9 nitrogen and oxygen atoms in total. The summed E-state index contributed by atoms with van der Waals surface area (Å²) >= 11 is 1.44. The first kappa shape index (κ1) is 19.0. The fourth-order valence-electron chi connectivity index (χ4n) is 3.75. The fraction of sp³-hybridized carbons (Fsp3) is 0.556. The third kappa shape index (κ3) is 3.80. The molecule has 2 saturated heterocycles. The van der Waals surface area contributed by atoms with E-state index in [9.17, 15) is 19.2 Å². The summed E-state index contributed by atoms with van der Waals surface area (Å²) in [5.41, 5.74) is 1.46. The van der Waals surface area contributed by atoms with Gasteiger partial charge in [0.15, 0.2) is 0 Å². The molecule has 4 rings (SSSR count). The first-order valence-corrected chi connectivity index (χ1v) is 10.2. The summed E-state index contributed by atoms with van der Waals surface area (Å²) in [6.07, 6.45) is 0.577. The van der Waals surface area contributed by atoms with Crippen molar-refractivity contribution >= 4 is 35.0 Å². The van der Waals surface area contributed by atoms with E-state index in [-0.39, 0.29) is 24.1 Å². The van der Waals surface area contributed by atoms with Crippen molar-refractivity contribution in [2.24, 2.45) is 0 Å². The Bertz CT molecular complexity index is 817. The van der Waals surface area contributed by atoms with Gasteiger partial charge in [0.05, 0.1) is 31.9 Å². The van der Waals surface area contributed by atoms with Crippen molar-refractivity contribution in [3.63, 3.8) is 0 Å². The highest BCUT2D eigenvalue weighted by atomic mass is 32.1. The van der Waals surface area contributed by atoms with Crippen molar-refractivity contribution in [3.05, 3.63) is 21.4 Å². The Morgan fingerprint density at radius 2 is 2.07 bits per heavy atom. The van der Waals surface area contributed by atoms with Crippen LogP contribution in [-0.2, 0) is 32.2 Å². The second-order valence-corrected chi connectivity index (χ2v) is 8.08. The van der Waals surface area contributed by atoms with E-state index in [1.54, 1.807) is 5.38 Å². The number of carbonyl (C=O) groups is 4. The minimum absolute atomic E-state index is 0.0598. The molecular weight excluding hydrogens is 384 g/mol. The minimum atomic E-state index is -0.619. The van der Waals surface area contributed by atoms with E-state index in [4.69, 9.17) is 4.74 Å². The van der Waals surface area contributed by atoms with Crippen LogP contribution in [0.15, 0.2) is 5.38 Å². The highest BCUT2D eigenvalue weighted by Crippen LogP contribution is 2.33. The molecule has 3 aliphatic heterocycles. The van der Waals surface area contributed by atoms with Gasteiger partial charge in [-0.2, -0.15) is 0 Å². The lowest BCUT2D eigenvalue weighted by Crippen LogP contribution is -2.52. The van der Waals surface area contributed by atoms with Crippen LogP contribution < -0.4 is 10.6 Å². The zero-order valence-corrected chi connectivity index (χ0v) is 16.2. The maximum absolute atomic E-state index is 12.7. The predicted molar refractivity (Wildman–Crippen MR) is 99.5 cm³/mol. The number of hydrogen-bond acceptors (Lipinski definition) is 7. The molecule has 4 amide bonds. The predicted octanol–water partition coefficient (Wildman–Crippen LogP) is -0.542. The molecule has 1 atom stereocenters. The van der Waals surface area contributed by atoms with Gasteiger partial charge in [0.1, 0.15) is 6.04 Å². The second-order valence-electron chi connectivity index (χ2n) is 7.12. The molecule has 4 heterocycles. The molecule has 0 spiro atoms. The molecule has 1 unspecified atom stereocenters. The van der Waals surface area contributed by atoms with Crippen LogP contribution in [0.4, 0.5) is 0 Å². The molecule has 0 radical (unpaired) electrons. The lowest BCUT2D eigenvalue weighted by atomic mass is 10.0. The van der Waals surface area contributed by atoms with Gasteiger partial charge in [0, 0.05) is 36.3 Å². The molecule has 3 aliphatic rings. The van der Waals surface area contributed by atoms with Gasteiger partial charge in [0.2, 0.25) is 17.7 Å². The Hall–Kier alpha value is -2.30. The number of imide groups is 1. The number of amides is 4. The van der Waals surface area contributed by atoms with Crippen LogP contribution in [0.25, 0.3) is 0 Å². The van der Waals surface area contributed by atoms with Crippen molar-refractivity contribution in [3.8, 4) is 0 Å². The normalized spacial score (nSPS) is 22.9. The number of morpholine rings is 1. The summed E-state index contributed by atoms with van der Waals surface area (Å²) in [4.78, 5) is 52.9. The smallest absolute Gasteiger partial charge is 0.256 e. The molecule has 1 aromatic heterocycles. The van der Waals surface area contributed by atoms with Gasteiger partial charge >= 0.3 is 0 Å². The molecule has 0 aliphatic carbocycles. The Morgan fingerprint density at radius 3 is 2.82 bits per heavy atom. The Balaban J connectivity index is 1.36. The van der Waals surface area contributed by atoms with Crippen LogP contribution >= 0.6 is 11.3 Å². The monoisotopic (exact) mass is 406 g/mol. The highest BCUT2D eigenvalue weighted by molar-refractivity contribution is 7.10. The zero-order chi connectivity index (χ0) is 19.7. The number of thiophene rings is 1. The average Bonchev–Trinajstić information content (AvgIpc) is 3.21. The first-order valence-electron chi connectivity index (χ1n) is 9.33. The molecule has 0 bridgehead atoms. The molecule has 10 heteroatoms. The summed E-state index contributed by atoms with van der Waals surface area (Å²) in [6.45, 7) is 3.80. The van der Waals surface area contributed by atoms with Crippen molar-refractivity contribution in [2.75, 3.05) is 32.8 Å². The lowest BCUT2D eigenvalue weighted by molar-refractivity contribution is -0.137. The van der Waals surface area contributed by atoms with Crippen LogP contribution in [0.5, 0.6) is 0 Å². The van der Waals surface area contributed by atoms with Gasteiger partial charge in [-0.05, 0) is 12.0 Å². The van der Waals surface area contributed by atoms with Crippen LogP contribution in [0.3, 0.4) is 0 Å². The number of hydrogen-bond donors (Lipinski definition) is 2. The molecular formula is C18H22N4O5S. The summed E-state index contributed by atoms with van der Waals surface area (Å²) in [7, 11) is 0. The van der Waals surface area contributed by atoms with Crippen molar-refractivity contribution in [1.29, 1.82) is 0 Å². The second kappa shape index (κ2) is 7.98. The van der Waals surface area contributed by atoms with Gasteiger partial charge in [-0.25, -0.2) is 0 Å². The van der Waals surface area contributed by atoms with Crippen LogP contribution in [0, 0.1) is 0 Å². The number of nitrogens with one attached hydrogen (secondary N) is 2. The number of fused-ring (bicyclic) bond motifs is 1. The van der Waals surface area contributed by atoms with Gasteiger partial charge in [0.25, 0.3) is 5.91 Å². The minimum Gasteiger partial charge on any atom is -0.379 e. The van der Waals surface area contributed by atoms with E-state index in [0.717, 1.165) is 23.5 Å². The van der Waals surface area contributed by atoms with Crippen molar-refractivity contribution < 1.29 is 23.9 Å². The Kier molecular flexibility index (Phi) is 5.42. The van der Waals surface area contributed by atoms with E-state index < -0.39 is 11.9 Å². The molecule has 1 aromatic rings. The third-order valence-electron chi connectivity index (χ3n) is 5.30. The Labute approximate surface area is 166 Å².